The van der Waals surface area contributed by atoms with E-state index in [0.717, 1.165) is 0 Å². The summed E-state index contributed by atoms with van der Waals surface area (Å²) >= 11 is 0. The molecule has 0 aliphatic heterocycles. The molecular formula is C8H14O4. The zero-order valence-corrected chi connectivity index (χ0v) is 7.59. The molecule has 0 saturated carbocycles. The molecule has 0 aliphatic carbocycles. The van der Waals surface area contributed by atoms with E-state index in [0.29, 0.717) is 6.61 Å². The van der Waals surface area contributed by atoms with Crippen molar-refractivity contribution in [2.45, 2.75) is 26.4 Å². The van der Waals surface area contributed by atoms with Crippen LogP contribution in [0.2, 0.25) is 0 Å². The number of ketones is 2. The van der Waals surface area contributed by atoms with Gasteiger partial charge >= 0.3 is 0 Å². The monoisotopic (exact) mass is 174 g/mol. The number of hydrogen-bond donors (Lipinski definition) is 1. The third-order valence-corrected chi connectivity index (χ3v) is 1.68. The molecule has 0 spiro atoms. The molecular weight excluding hydrogens is 160 g/mol. The zero-order valence-electron chi connectivity index (χ0n) is 7.59. The lowest BCUT2D eigenvalue weighted by Crippen LogP contribution is -2.48. The summed E-state index contributed by atoms with van der Waals surface area (Å²) in [5.41, 5.74) is -1.95. The van der Waals surface area contributed by atoms with Crippen molar-refractivity contribution in [2.75, 3.05) is 13.2 Å². The molecule has 0 unspecified atom stereocenters. The molecule has 0 aromatic carbocycles. The van der Waals surface area contributed by atoms with Crippen LogP contribution in [0, 0.1) is 0 Å². The van der Waals surface area contributed by atoms with Crippen LogP contribution in [0.3, 0.4) is 0 Å². The van der Waals surface area contributed by atoms with Crippen LogP contribution in [0.25, 0.3) is 0 Å². The number of rotatable bonds is 5. The maximum Gasteiger partial charge on any atom is 0.204 e. The lowest BCUT2D eigenvalue weighted by molar-refractivity contribution is -0.154. The zero-order chi connectivity index (χ0) is 9.78. The van der Waals surface area contributed by atoms with E-state index in [1.807, 2.05) is 0 Å². The van der Waals surface area contributed by atoms with E-state index in [2.05, 4.69) is 0 Å². The van der Waals surface area contributed by atoms with Crippen molar-refractivity contribution < 1.29 is 19.4 Å². The maximum atomic E-state index is 10.9. The average molecular weight is 174 g/mol. The van der Waals surface area contributed by atoms with E-state index in [9.17, 15) is 14.7 Å². The van der Waals surface area contributed by atoms with Gasteiger partial charge in [0.1, 0.15) is 0 Å². The molecule has 1 N–H and O–H groups in total. The summed E-state index contributed by atoms with van der Waals surface area (Å²) in [6.45, 7) is 4.17. The van der Waals surface area contributed by atoms with E-state index in [1.54, 1.807) is 6.92 Å². The third-order valence-electron chi connectivity index (χ3n) is 1.68. The Morgan fingerprint density at radius 2 is 1.75 bits per heavy atom. The van der Waals surface area contributed by atoms with Crippen molar-refractivity contribution >= 4 is 11.6 Å². The van der Waals surface area contributed by atoms with Crippen LogP contribution in [-0.2, 0) is 14.3 Å². The van der Waals surface area contributed by atoms with Crippen molar-refractivity contribution in [3.05, 3.63) is 0 Å². The Morgan fingerprint density at radius 3 is 2.00 bits per heavy atom. The highest BCUT2D eigenvalue weighted by Gasteiger charge is 2.38. The average Bonchev–Trinajstić information content (AvgIpc) is 1.99. The first-order valence-corrected chi connectivity index (χ1v) is 3.77. The maximum absolute atomic E-state index is 10.9. The van der Waals surface area contributed by atoms with Gasteiger partial charge in [0, 0.05) is 6.61 Å². The highest BCUT2D eigenvalue weighted by Crippen LogP contribution is 2.08. The number of hydrogen-bond acceptors (Lipinski definition) is 4. The normalized spacial score (nSPS) is 11.3. The van der Waals surface area contributed by atoms with Crippen LogP contribution in [0.4, 0.5) is 0 Å². The first kappa shape index (κ1) is 11.3. The van der Waals surface area contributed by atoms with Gasteiger partial charge < -0.3 is 9.84 Å². The number of ether oxygens (including phenoxy) is 1. The summed E-state index contributed by atoms with van der Waals surface area (Å²) in [6, 6.07) is 0. The SMILES string of the molecule is CCOCC(O)(C(C)=O)C(C)=O. The standard InChI is InChI=1S/C8H14O4/c1-4-12-5-8(11,6(2)9)7(3)10/h11H,4-5H2,1-3H3. The van der Waals surface area contributed by atoms with Gasteiger partial charge in [0.25, 0.3) is 0 Å². The Balaban J connectivity index is 4.40. The van der Waals surface area contributed by atoms with Gasteiger partial charge in [-0.25, -0.2) is 0 Å². The van der Waals surface area contributed by atoms with Crippen LogP contribution in [0.15, 0.2) is 0 Å². The fourth-order valence-corrected chi connectivity index (χ4v) is 0.701. The van der Waals surface area contributed by atoms with E-state index >= 15 is 0 Å². The fourth-order valence-electron chi connectivity index (χ4n) is 0.701. The predicted molar refractivity (Wildman–Crippen MR) is 42.8 cm³/mol. The van der Waals surface area contributed by atoms with Crippen LogP contribution in [0.5, 0.6) is 0 Å². The molecule has 0 atom stereocenters. The molecule has 70 valence electrons. The lowest BCUT2D eigenvalue weighted by atomic mass is 9.96. The second-order valence-electron chi connectivity index (χ2n) is 2.61. The van der Waals surface area contributed by atoms with Crippen molar-refractivity contribution in [2.24, 2.45) is 0 Å². The Hall–Kier alpha value is -0.740. The minimum absolute atomic E-state index is 0.256. The minimum Gasteiger partial charge on any atom is -0.378 e. The first-order chi connectivity index (χ1) is 5.45. The Labute approximate surface area is 71.5 Å². The highest BCUT2D eigenvalue weighted by molar-refractivity contribution is 6.08. The molecule has 0 fully saturated rings. The Kier molecular flexibility index (Phi) is 4.06. The van der Waals surface area contributed by atoms with E-state index in [1.165, 1.54) is 13.8 Å². The van der Waals surface area contributed by atoms with Crippen molar-refractivity contribution in [1.82, 2.24) is 0 Å². The van der Waals surface area contributed by atoms with Crippen molar-refractivity contribution in [3.8, 4) is 0 Å². The van der Waals surface area contributed by atoms with Crippen molar-refractivity contribution in [3.63, 3.8) is 0 Å². The highest BCUT2D eigenvalue weighted by atomic mass is 16.5. The molecule has 0 radical (unpaired) electrons. The quantitative estimate of drug-likeness (QED) is 0.593. The van der Waals surface area contributed by atoms with Crippen LogP contribution >= 0.6 is 0 Å². The summed E-state index contributed by atoms with van der Waals surface area (Å²) < 4.78 is 4.83. The smallest absolute Gasteiger partial charge is 0.204 e. The van der Waals surface area contributed by atoms with Crippen molar-refractivity contribution in [1.29, 1.82) is 0 Å². The molecule has 0 aromatic heterocycles. The molecule has 0 aliphatic rings. The van der Waals surface area contributed by atoms with E-state index < -0.39 is 17.2 Å². The van der Waals surface area contributed by atoms with Gasteiger partial charge in [-0.05, 0) is 20.8 Å². The summed E-state index contributed by atoms with van der Waals surface area (Å²) in [7, 11) is 0. The summed E-state index contributed by atoms with van der Waals surface area (Å²) in [4.78, 5) is 21.7. The van der Waals surface area contributed by atoms with E-state index in [4.69, 9.17) is 4.74 Å². The fraction of sp³-hybridized carbons (Fsp3) is 0.750. The summed E-state index contributed by atoms with van der Waals surface area (Å²) in [5, 5.41) is 9.47. The molecule has 0 heterocycles. The lowest BCUT2D eigenvalue weighted by Gasteiger charge is -2.21. The second kappa shape index (κ2) is 4.33. The number of Topliss-reactive ketones (excluding diaryl/α,β-unsaturated/α-hetero) is 2. The second-order valence-corrected chi connectivity index (χ2v) is 2.61. The minimum atomic E-state index is -1.95. The van der Waals surface area contributed by atoms with Gasteiger partial charge in [-0.15, -0.1) is 0 Å². The molecule has 0 saturated heterocycles. The van der Waals surface area contributed by atoms with E-state index in [-0.39, 0.29) is 6.61 Å². The predicted octanol–water partition coefficient (Wildman–Crippen LogP) is -0.0680. The van der Waals surface area contributed by atoms with Gasteiger partial charge in [-0.2, -0.15) is 0 Å². The molecule has 12 heavy (non-hydrogen) atoms. The van der Waals surface area contributed by atoms with Gasteiger partial charge in [0.2, 0.25) is 5.60 Å². The summed E-state index contributed by atoms with van der Waals surface area (Å²) in [6.07, 6.45) is 0. The molecule has 4 heteroatoms. The number of aliphatic hydroxyl groups is 1. The van der Waals surface area contributed by atoms with Gasteiger partial charge in [0.15, 0.2) is 11.6 Å². The largest absolute Gasteiger partial charge is 0.378 e. The Bertz CT molecular complexity index is 171. The third kappa shape index (κ3) is 2.39. The Morgan fingerprint density at radius 1 is 1.33 bits per heavy atom. The molecule has 4 nitrogen and oxygen atoms in total. The molecule has 0 rings (SSSR count). The molecule has 0 bridgehead atoms. The summed E-state index contributed by atoms with van der Waals surface area (Å²) in [5.74, 6) is -1.16. The molecule has 0 amide bonds. The first-order valence-electron chi connectivity index (χ1n) is 3.77. The van der Waals surface area contributed by atoms with Crippen LogP contribution in [0.1, 0.15) is 20.8 Å². The van der Waals surface area contributed by atoms with Crippen LogP contribution in [-0.4, -0.2) is 35.5 Å². The topological polar surface area (TPSA) is 63.6 Å². The van der Waals surface area contributed by atoms with Gasteiger partial charge in [0.05, 0.1) is 6.61 Å². The van der Waals surface area contributed by atoms with Gasteiger partial charge in [-0.3, -0.25) is 9.59 Å². The molecule has 0 aromatic rings. The number of carbonyl (C=O) groups is 2. The van der Waals surface area contributed by atoms with Gasteiger partial charge in [-0.1, -0.05) is 0 Å². The number of carbonyl (C=O) groups excluding carboxylic acids is 2. The van der Waals surface area contributed by atoms with Crippen LogP contribution < -0.4 is 0 Å².